The van der Waals surface area contributed by atoms with Gasteiger partial charge in [-0.15, -0.1) is 11.3 Å². The standard InChI is InChI=1S/C28H30N2O4S/c1-16(2)25(31)30-27-23(20-11-8-12-22(20)35-27)28(33)34-24(19-9-6-5-7-10-19)26(32)29-21-15-17(3)13-14-18(21)4/h5-7,9-10,13-16,24H,8,11-12H2,1-4H3,(H,29,32)(H,30,31)/t24-/m1/s1. The van der Waals surface area contributed by atoms with E-state index < -0.39 is 18.0 Å². The molecule has 0 radical (unpaired) electrons. The average Bonchev–Trinajstić information content (AvgIpc) is 3.41. The Hall–Kier alpha value is -3.45. The summed E-state index contributed by atoms with van der Waals surface area (Å²) in [6, 6.07) is 14.8. The lowest BCUT2D eigenvalue weighted by Crippen LogP contribution is -2.27. The summed E-state index contributed by atoms with van der Waals surface area (Å²) in [5, 5.41) is 6.33. The van der Waals surface area contributed by atoms with Crippen LogP contribution in [0.5, 0.6) is 0 Å². The zero-order valence-corrected chi connectivity index (χ0v) is 21.3. The number of ether oxygens (including phenoxy) is 1. The molecule has 6 nitrogen and oxygen atoms in total. The molecule has 2 aromatic carbocycles. The molecule has 0 bridgehead atoms. The van der Waals surface area contributed by atoms with Crippen molar-refractivity contribution >= 4 is 39.8 Å². The van der Waals surface area contributed by atoms with E-state index in [0.29, 0.717) is 21.8 Å². The van der Waals surface area contributed by atoms with Crippen LogP contribution in [0.3, 0.4) is 0 Å². The SMILES string of the molecule is Cc1ccc(C)c(NC(=O)[C@H](OC(=O)c2c(NC(=O)C(C)C)sc3c2CCC3)c2ccccc2)c1. The second-order valence-electron chi connectivity index (χ2n) is 9.21. The van der Waals surface area contributed by atoms with E-state index in [2.05, 4.69) is 10.6 Å². The molecule has 0 fully saturated rings. The van der Waals surface area contributed by atoms with Crippen LogP contribution in [-0.4, -0.2) is 17.8 Å². The zero-order valence-electron chi connectivity index (χ0n) is 20.4. The first-order valence-electron chi connectivity index (χ1n) is 11.8. The Balaban J connectivity index is 1.65. The van der Waals surface area contributed by atoms with Crippen LogP contribution in [0.25, 0.3) is 0 Å². The van der Waals surface area contributed by atoms with Crippen molar-refractivity contribution in [2.75, 3.05) is 10.6 Å². The Morgan fingerprint density at radius 3 is 2.40 bits per heavy atom. The molecule has 35 heavy (non-hydrogen) atoms. The second-order valence-corrected chi connectivity index (χ2v) is 10.3. The van der Waals surface area contributed by atoms with Crippen LogP contribution in [0, 0.1) is 19.8 Å². The number of nitrogens with one attached hydrogen (secondary N) is 2. The summed E-state index contributed by atoms with van der Waals surface area (Å²) in [5.41, 5.74) is 4.46. The number of esters is 1. The number of aryl methyl sites for hydroxylation is 3. The third-order valence-electron chi connectivity index (χ3n) is 6.10. The van der Waals surface area contributed by atoms with Crippen molar-refractivity contribution in [1.82, 2.24) is 0 Å². The van der Waals surface area contributed by atoms with Crippen LogP contribution in [0.15, 0.2) is 48.5 Å². The maximum Gasteiger partial charge on any atom is 0.342 e. The van der Waals surface area contributed by atoms with Crippen LogP contribution < -0.4 is 10.6 Å². The third kappa shape index (κ3) is 5.46. The number of carbonyl (C=O) groups is 3. The van der Waals surface area contributed by atoms with E-state index in [9.17, 15) is 14.4 Å². The van der Waals surface area contributed by atoms with Crippen molar-refractivity contribution in [3.63, 3.8) is 0 Å². The van der Waals surface area contributed by atoms with Crippen molar-refractivity contribution < 1.29 is 19.1 Å². The minimum absolute atomic E-state index is 0.161. The van der Waals surface area contributed by atoms with Crippen LogP contribution >= 0.6 is 11.3 Å². The fourth-order valence-corrected chi connectivity index (χ4v) is 5.38. The maximum atomic E-state index is 13.6. The molecule has 3 aromatic rings. The van der Waals surface area contributed by atoms with E-state index in [1.165, 1.54) is 11.3 Å². The highest BCUT2D eigenvalue weighted by atomic mass is 32.1. The minimum atomic E-state index is -1.14. The fourth-order valence-electron chi connectivity index (χ4n) is 4.10. The number of hydrogen-bond acceptors (Lipinski definition) is 5. The quantitative estimate of drug-likeness (QED) is 0.399. The lowest BCUT2D eigenvalue weighted by molar-refractivity contribution is -0.125. The summed E-state index contributed by atoms with van der Waals surface area (Å²) < 4.78 is 5.90. The van der Waals surface area contributed by atoms with E-state index >= 15 is 0 Å². The molecule has 1 aliphatic carbocycles. The monoisotopic (exact) mass is 490 g/mol. The Kier molecular flexibility index (Phi) is 7.36. The molecule has 2 N–H and O–H groups in total. The number of rotatable bonds is 7. The van der Waals surface area contributed by atoms with E-state index in [1.54, 1.807) is 38.1 Å². The Morgan fingerprint density at radius 1 is 0.943 bits per heavy atom. The Labute approximate surface area is 209 Å². The molecule has 0 unspecified atom stereocenters. The number of benzene rings is 2. The highest BCUT2D eigenvalue weighted by Gasteiger charge is 2.32. The van der Waals surface area contributed by atoms with Crippen molar-refractivity contribution in [2.45, 2.75) is 53.1 Å². The van der Waals surface area contributed by atoms with Crippen molar-refractivity contribution in [2.24, 2.45) is 5.92 Å². The number of amides is 2. The van der Waals surface area contributed by atoms with Gasteiger partial charge in [-0.2, -0.15) is 0 Å². The van der Waals surface area contributed by atoms with E-state index in [-0.39, 0.29) is 11.8 Å². The predicted molar refractivity (Wildman–Crippen MR) is 139 cm³/mol. The lowest BCUT2D eigenvalue weighted by Gasteiger charge is -2.20. The normalized spacial score (nSPS) is 13.3. The molecular weight excluding hydrogens is 460 g/mol. The van der Waals surface area contributed by atoms with Gasteiger partial charge in [-0.1, -0.05) is 56.3 Å². The molecule has 182 valence electrons. The summed E-state index contributed by atoms with van der Waals surface area (Å²) in [7, 11) is 0. The first-order valence-corrected chi connectivity index (χ1v) is 12.7. The number of carbonyl (C=O) groups excluding carboxylic acids is 3. The van der Waals surface area contributed by atoms with Crippen LogP contribution in [0.1, 0.15) is 63.9 Å². The van der Waals surface area contributed by atoms with Gasteiger partial charge in [0.1, 0.15) is 5.00 Å². The molecule has 0 spiro atoms. The molecule has 4 rings (SSSR count). The van der Waals surface area contributed by atoms with Gasteiger partial charge in [-0.3, -0.25) is 9.59 Å². The van der Waals surface area contributed by atoms with Gasteiger partial charge >= 0.3 is 5.97 Å². The van der Waals surface area contributed by atoms with E-state index in [0.717, 1.165) is 40.8 Å². The molecule has 0 saturated carbocycles. The Morgan fingerprint density at radius 2 is 1.69 bits per heavy atom. The molecule has 1 atom stereocenters. The average molecular weight is 491 g/mol. The summed E-state index contributed by atoms with van der Waals surface area (Å²) in [5.74, 6) is -1.42. The Bertz CT molecular complexity index is 1260. The lowest BCUT2D eigenvalue weighted by atomic mass is 10.1. The number of anilines is 2. The van der Waals surface area contributed by atoms with E-state index in [1.807, 2.05) is 38.1 Å². The fraction of sp³-hybridized carbons (Fsp3) is 0.321. The number of fused-ring (bicyclic) bond motifs is 1. The number of hydrogen-bond donors (Lipinski definition) is 2. The topological polar surface area (TPSA) is 84.5 Å². The first kappa shape index (κ1) is 24.7. The molecule has 0 saturated heterocycles. The highest BCUT2D eigenvalue weighted by Crippen LogP contribution is 2.40. The van der Waals surface area contributed by atoms with Crippen LogP contribution in [0.4, 0.5) is 10.7 Å². The van der Waals surface area contributed by atoms with Gasteiger partial charge in [0.2, 0.25) is 12.0 Å². The van der Waals surface area contributed by atoms with Crippen LogP contribution in [-0.2, 0) is 27.2 Å². The molecule has 1 heterocycles. The van der Waals surface area contributed by atoms with Crippen molar-refractivity contribution in [1.29, 1.82) is 0 Å². The summed E-state index contributed by atoms with van der Waals surface area (Å²) in [6.45, 7) is 7.47. The van der Waals surface area contributed by atoms with Crippen molar-refractivity contribution in [3.8, 4) is 0 Å². The zero-order chi connectivity index (χ0) is 25.1. The first-order chi connectivity index (χ1) is 16.7. The highest BCUT2D eigenvalue weighted by molar-refractivity contribution is 7.17. The van der Waals surface area contributed by atoms with Crippen LogP contribution in [0.2, 0.25) is 0 Å². The van der Waals surface area contributed by atoms with Gasteiger partial charge in [-0.25, -0.2) is 4.79 Å². The van der Waals surface area contributed by atoms with E-state index in [4.69, 9.17) is 4.74 Å². The largest absolute Gasteiger partial charge is 0.444 e. The molecular formula is C28H30N2O4S. The molecule has 7 heteroatoms. The van der Waals surface area contributed by atoms with Gasteiger partial charge in [0.25, 0.3) is 5.91 Å². The summed E-state index contributed by atoms with van der Waals surface area (Å²) in [4.78, 5) is 40.5. The maximum absolute atomic E-state index is 13.6. The second kappa shape index (κ2) is 10.4. The van der Waals surface area contributed by atoms with Crippen molar-refractivity contribution in [3.05, 3.63) is 81.2 Å². The van der Waals surface area contributed by atoms with Gasteiger partial charge in [-0.05, 0) is 55.9 Å². The molecule has 2 amide bonds. The predicted octanol–water partition coefficient (Wildman–Crippen LogP) is 5.98. The van der Waals surface area contributed by atoms with Gasteiger partial charge < -0.3 is 15.4 Å². The summed E-state index contributed by atoms with van der Waals surface area (Å²) >= 11 is 1.43. The van der Waals surface area contributed by atoms with Gasteiger partial charge in [0.05, 0.1) is 5.56 Å². The molecule has 1 aromatic heterocycles. The van der Waals surface area contributed by atoms with Gasteiger partial charge in [0.15, 0.2) is 0 Å². The minimum Gasteiger partial charge on any atom is -0.444 e. The smallest absolute Gasteiger partial charge is 0.342 e. The molecule has 0 aliphatic heterocycles. The van der Waals surface area contributed by atoms with Gasteiger partial charge in [0, 0.05) is 22.0 Å². The summed E-state index contributed by atoms with van der Waals surface area (Å²) in [6.07, 6.45) is 1.43. The third-order valence-corrected chi connectivity index (χ3v) is 7.31. The number of thiophene rings is 1. The molecule has 1 aliphatic rings.